The monoisotopic (exact) mass is 333 g/mol. The van der Waals surface area contributed by atoms with Gasteiger partial charge < -0.3 is 4.98 Å². The number of hydrazone groups is 1. The summed E-state index contributed by atoms with van der Waals surface area (Å²) in [5.74, 6) is -0.193. The van der Waals surface area contributed by atoms with Gasteiger partial charge in [-0.05, 0) is 19.1 Å². The van der Waals surface area contributed by atoms with Gasteiger partial charge in [-0.3, -0.25) is 4.79 Å². The molecule has 0 atom stereocenters. The molecule has 0 saturated carbocycles. The van der Waals surface area contributed by atoms with E-state index in [-0.39, 0.29) is 5.91 Å². The van der Waals surface area contributed by atoms with Gasteiger partial charge in [-0.2, -0.15) is 5.10 Å². The van der Waals surface area contributed by atoms with Gasteiger partial charge in [0.15, 0.2) is 0 Å². The summed E-state index contributed by atoms with van der Waals surface area (Å²) in [6, 6.07) is 15.9. The van der Waals surface area contributed by atoms with Crippen LogP contribution in [0.3, 0.4) is 0 Å². The Morgan fingerprint density at radius 3 is 2.75 bits per heavy atom. The summed E-state index contributed by atoms with van der Waals surface area (Å²) in [6.07, 6.45) is 1.70. The van der Waals surface area contributed by atoms with Crippen molar-refractivity contribution in [3.8, 4) is 0 Å². The average molecular weight is 333 g/mol. The van der Waals surface area contributed by atoms with Crippen LogP contribution in [0.15, 0.2) is 59.0 Å². The van der Waals surface area contributed by atoms with Crippen LogP contribution in [-0.4, -0.2) is 17.1 Å². The van der Waals surface area contributed by atoms with Crippen LogP contribution < -0.4 is 5.43 Å². The number of nitrogens with one attached hydrogen (secondary N) is 2. The molecule has 2 heterocycles. The summed E-state index contributed by atoms with van der Waals surface area (Å²) in [5, 5.41) is 8.06. The van der Waals surface area contributed by atoms with E-state index in [9.17, 15) is 4.79 Å². The van der Waals surface area contributed by atoms with Crippen molar-refractivity contribution in [3.63, 3.8) is 0 Å². The number of H-pyrrole nitrogens is 1. The molecule has 2 aromatic heterocycles. The number of carbonyl (C=O) groups is 1. The summed E-state index contributed by atoms with van der Waals surface area (Å²) >= 11 is 1.56. The first-order chi connectivity index (χ1) is 11.7. The minimum Gasteiger partial charge on any atom is -0.358 e. The molecule has 5 heteroatoms. The molecule has 1 amide bonds. The van der Waals surface area contributed by atoms with Crippen LogP contribution in [0.5, 0.6) is 0 Å². The molecule has 4 rings (SSSR count). The maximum Gasteiger partial charge on any atom is 0.272 e. The number of hydrogen-bond acceptors (Lipinski definition) is 3. The van der Waals surface area contributed by atoms with E-state index in [1.807, 2.05) is 60.8 Å². The Hall–Kier alpha value is -2.92. The molecule has 0 radical (unpaired) electrons. The third kappa shape index (κ3) is 2.49. The predicted octanol–water partition coefficient (Wildman–Crippen LogP) is 4.45. The molecule has 0 bridgehead atoms. The largest absolute Gasteiger partial charge is 0.358 e. The zero-order valence-corrected chi connectivity index (χ0v) is 13.9. The van der Waals surface area contributed by atoms with E-state index >= 15 is 0 Å². The fourth-order valence-electron chi connectivity index (χ4n) is 2.83. The van der Waals surface area contributed by atoms with E-state index in [4.69, 9.17) is 0 Å². The van der Waals surface area contributed by atoms with Gasteiger partial charge in [-0.15, -0.1) is 11.3 Å². The lowest BCUT2D eigenvalue weighted by molar-refractivity contribution is 0.0957. The topological polar surface area (TPSA) is 57.2 Å². The van der Waals surface area contributed by atoms with Crippen molar-refractivity contribution < 1.29 is 4.79 Å². The van der Waals surface area contributed by atoms with E-state index in [1.54, 1.807) is 17.6 Å². The van der Waals surface area contributed by atoms with Crippen LogP contribution in [-0.2, 0) is 0 Å². The lowest BCUT2D eigenvalue weighted by Gasteiger charge is -1.98. The zero-order valence-electron chi connectivity index (χ0n) is 13.0. The van der Waals surface area contributed by atoms with Crippen LogP contribution >= 0.6 is 11.3 Å². The summed E-state index contributed by atoms with van der Waals surface area (Å²) in [7, 11) is 0. The number of aryl methyl sites for hydroxylation is 1. The molecule has 2 aromatic carbocycles. The minimum absolute atomic E-state index is 0.193. The quantitative estimate of drug-likeness (QED) is 0.422. The number of fused-ring (bicyclic) bond motifs is 2. The lowest BCUT2D eigenvalue weighted by Crippen LogP contribution is -2.17. The highest BCUT2D eigenvalue weighted by Gasteiger charge is 2.11. The van der Waals surface area contributed by atoms with E-state index in [0.717, 1.165) is 32.2 Å². The third-order valence-corrected chi connectivity index (χ3v) is 4.99. The highest BCUT2D eigenvalue weighted by atomic mass is 32.1. The van der Waals surface area contributed by atoms with Crippen molar-refractivity contribution >= 4 is 44.4 Å². The van der Waals surface area contributed by atoms with Crippen molar-refractivity contribution in [2.45, 2.75) is 6.92 Å². The molecule has 0 aliphatic carbocycles. The fourth-order valence-corrected chi connectivity index (χ4v) is 3.77. The second-order valence-corrected chi connectivity index (χ2v) is 6.47. The number of benzene rings is 2. The number of aromatic nitrogens is 1. The van der Waals surface area contributed by atoms with Gasteiger partial charge in [-0.1, -0.05) is 36.4 Å². The Bertz CT molecular complexity index is 1070. The Balaban J connectivity index is 1.59. The molecule has 4 aromatic rings. The van der Waals surface area contributed by atoms with Gasteiger partial charge in [-0.25, -0.2) is 5.43 Å². The van der Waals surface area contributed by atoms with Crippen molar-refractivity contribution in [2.75, 3.05) is 0 Å². The normalized spacial score (nSPS) is 11.5. The summed E-state index contributed by atoms with van der Waals surface area (Å²) in [6.45, 7) is 2.00. The molecule has 24 heavy (non-hydrogen) atoms. The summed E-state index contributed by atoms with van der Waals surface area (Å²) in [4.78, 5) is 15.7. The Labute approximate surface area is 142 Å². The van der Waals surface area contributed by atoms with Crippen molar-refractivity contribution in [1.29, 1.82) is 0 Å². The zero-order chi connectivity index (χ0) is 16.5. The maximum absolute atomic E-state index is 12.4. The second-order valence-electron chi connectivity index (χ2n) is 5.55. The van der Waals surface area contributed by atoms with Gasteiger partial charge in [0.2, 0.25) is 0 Å². The van der Waals surface area contributed by atoms with Gasteiger partial charge in [0.1, 0.15) is 0 Å². The number of rotatable bonds is 3. The van der Waals surface area contributed by atoms with Gasteiger partial charge in [0, 0.05) is 37.6 Å². The molecular formula is C19H15N3OS. The molecule has 0 aliphatic heterocycles. The van der Waals surface area contributed by atoms with Gasteiger partial charge >= 0.3 is 0 Å². The number of hydrogen-bond donors (Lipinski definition) is 2. The number of thiophene rings is 1. The van der Waals surface area contributed by atoms with E-state index < -0.39 is 0 Å². The number of nitrogens with zero attached hydrogens (tertiary/aromatic N) is 1. The Kier molecular flexibility index (Phi) is 3.63. The molecule has 4 nitrogen and oxygen atoms in total. The average Bonchev–Trinajstić information content (AvgIpc) is 3.16. The molecule has 0 fully saturated rings. The molecule has 0 spiro atoms. The predicted molar refractivity (Wildman–Crippen MR) is 99.9 cm³/mol. The molecular weight excluding hydrogens is 318 g/mol. The second kappa shape index (κ2) is 5.94. The Morgan fingerprint density at radius 1 is 1.12 bits per heavy atom. The van der Waals surface area contributed by atoms with E-state index in [0.29, 0.717) is 5.56 Å². The van der Waals surface area contributed by atoms with Gasteiger partial charge in [0.05, 0.1) is 11.8 Å². The summed E-state index contributed by atoms with van der Waals surface area (Å²) in [5.41, 5.74) is 6.36. The van der Waals surface area contributed by atoms with Crippen LogP contribution in [0, 0.1) is 6.92 Å². The van der Waals surface area contributed by atoms with E-state index in [2.05, 4.69) is 15.5 Å². The molecule has 118 valence electrons. The molecule has 0 saturated heterocycles. The Morgan fingerprint density at radius 2 is 1.88 bits per heavy atom. The maximum atomic E-state index is 12.4. The molecule has 0 aliphatic rings. The summed E-state index contributed by atoms with van der Waals surface area (Å²) < 4.78 is 1.10. The first-order valence-corrected chi connectivity index (χ1v) is 8.49. The van der Waals surface area contributed by atoms with Crippen LogP contribution in [0.2, 0.25) is 0 Å². The minimum atomic E-state index is -0.193. The van der Waals surface area contributed by atoms with Crippen molar-refractivity contribution in [2.24, 2.45) is 5.10 Å². The third-order valence-electron chi connectivity index (χ3n) is 4.03. The van der Waals surface area contributed by atoms with Crippen molar-refractivity contribution in [1.82, 2.24) is 10.4 Å². The van der Waals surface area contributed by atoms with Crippen molar-refractivity contribution in [3.05, 3.63) is 70.7 Å². The standard InChI is InChI=1S/C19H15N3OS/c1-12-15(13-6-2-4-8-17(13)21-12)10-20-22-19(23)16-11-24-18-9-5-3-7-14(16)18/h2-11,21H,1H3,(H,22,23)/b20-10-. The van der Waals surface area contributed by atoms with E-state index in [1.165, 1.54) is 0 Å². The highest BCUT2D eigenvalue weighted by molar-refractivity contribution is 7.17. The number of amides is 1. The number of carbonyl (C=O) groups excluding carboxylic acids is 1. The molecule has 2 N–H and O–H groups in total. The smallest absolute Gasteiger partial charge is 0.272 e. The molecule has 0 unspecified atom stereocenters. The number of aromatic amines is 1. The van der Waals surface area contributed by atoms with Crippen LogP contribution in [0.1, 0.15) is 21.6 Å². The lowest BCUT2D eigenvalue weighted by atomic mass is 10.1. The first kappa shape index (κ1) is 14.7. The highest BCUT2D eigenvalue weighted by Crippen LogP contribution is 2.25. The van der Waals surface area contributed by atoms with Gasteiger partial charge in [0.25, 0.3) is 5.91 Å². The van der Waals surface area contributed by atoms with Crippen LogP contribution in [0.4, 0.5) is 0 Å². The number of para-hydroxylation sites is 1. The SMILES string of the molecule is Cc1[nH]c2ccccc2c1/C=N\NC(=O)c1csc2ccccc12. The van der Waals surface area contributed by atoms with Crippen LogP contribution in [0.25, 0.3) is 21.0 Å². The first-order valence-electron chi connectivity index (χ1n) is 7.61. The fraction of sp³-hybridized carbons (Fsp3) is 0.0526.